The molecule has 4 heteroatoms. The molecule has 0 aliphatic rings. The van der Waals surface area contributed by atoms with Gasteiger partial charge in [-0.25, -0.2) is 9.97 Å². The topological polar surface area (TPSA) is 64.7 Å². The van der Waals surface area contributed by atoms with Crippen LogP contribution in [0.2, 0.25) is 0 Å². The summed E-state index contributed by atoms with van der Waals surface area (Å²) in [6, 6.07) is 3.60. The van der Waals surface area contributed by atoms with Gasteiger partial charge in [0, 0.05) is 24.2 Å². The van der Waals surface area contributed by atoms with Gasteiger partial charge < -0.3 is 5.73 Å². The minimum Gasteiger partial charge on any atom is -0.397 e. The molecule has 0 radical (unpaired) electrons. The number of nitrogens with zero attached hydrogens (tertiary/aromatic N) is 3. The van der Waals surface area contributed by atoms with Gasteiger partial charge in [-0.2, -0.15) is 0 Å². The maximum Gasteiger partial charge on any atom is 0.115 e. The van der Waals surface area contributed by atoms with Crippen molar-refractivity contribution in [2.24, 2.45) is 0 Å². The summed E-state index contributed by atoms with van der Waals surface area (Å²) in [5.74, 6) is 0. The van der Waals surface area contributed by atoms with Gasteiger partial charge in [0.1, 0.15) is 6.33 Å². The number of nitrogens with two attached hydrogens (primary N) is 1. The van der Waals surface area contributed by atoms with Crippen LogP contribution in [0.25, 0.3) is 11.3 Å². The third-order valence-electron chi connectivity index (χ3n) is 1.67. The third kappa shape index (κ3) is 1.46. The van der Waals surface area contributed by atoms with E-state index in [2.05, 4.69) is 15.0 Å². The first-order valence-corrected chi connectivity index (χ1v) is 3.84. The van der Waals surface area contributed by atoms with Crippen molar-refractivity contribution in [1.82, 2.24) is 15.0 Å². The zero-order valence-corrected chi connectivity index (χ0v) is 6.88. The minimum atomic E-state index is 0.636. The highest BCUT2D eigenvalue weighted by molar-refractivity contribution is 5.70. The van der Waals surface area contributed by atoms with Gasteiger partial charge in [0.25, 0.3) is 0 Å². The van der Waals surface area contributed by atoms with Crippen LogP contribution in [-0.2, 0) is 0 Å². The number of anilines is 1. The highest BCUT2D eigenvalue weighted by Crippen LogP contribution is 2.20. The van der Waals surface area contributed by atoms with Gasteiger partial charge in [0.15, 0.2) is 0 Å². The molecule has 0 amide bonds. The zero-order chi connectivity index (χ0) is 9.10. The molecule has 0 aliphatic heterocycles. The Morgan fingerprint density at radius 1 is 1.15 bits per heavy atom. The van der Waals surface area contributed by atoms with Gasteiger partial charge in [-0.15, -0.1) is 0 Å². The number of pyridine rings is 1. The Hall–Kier alpha value is -1.97. The molecule has 0 aliphatic carbocycles. The predicted molar refractivity (Wildman–Crippen MR) is 49.7 cm³/mol. The standard InChI is InChI=1S/C9H8N4/c10-8-2-1-3-13-9(8)7-4-11-6-12-5-7/h1-6H,10H2. The number of nitrogen functional groups attached to an aromatic ring is 1. The van der Waals surface area contributed by atoms with E-state index in [0.717, 1.165) is 11.3 Å². The maximum atomic E-state index is 5.73. The molecule has 64 valence electrons. The number of hydrogen-bond acceptors (Lipinski definition) is 4. The van der Waals surface area contributed by atoms with E-state index >= 15 is 0 Å². The highest BCUT2D eigenvalue weighted by atomic mass is 14.8. The molecule has 2 heterocycles. The van der Waals surface area contributed by atoms with Crippen molar-refractivity contribution < 1.29 is 0 Å². The summed E-state index contributed by atoms with van der Waals surface area (Å²) < 4.78 is 0. The first-order valence-electron chi connectivity index (χ1n) is 3.84. The number of hydrogen-bond donors (Lipinski definition) is 1. The second kappa shape index (κ2) is 3.18. The lowest BCUT2D eigenvalue weighted by Gasteiger charge is -2.01. The fourth-order valence-corrected chi connectivity index (χ4v) is 1.08. The first kappa shape index (κ1) is 7.67. The molecule has 2 aromatic rings. The van der Waals surface area contributed by atoms with Crippen LogP contribution in [0.4, 0.5) is 5.69 Å². The van der Waals surface area contributed by atoms with Crippen LogP contribution in [0.3, 0.4) is 0 Å². The van der Waals surface area contributed by atoms with Crippen molar-refractivity contribution in [2.75, 3.05) is 5.73 Å². The van der Waals surface area contributed by atoms with Crippen LogP contribution in [0.1, 0.15) is 0 Å². The second-order valence-electron chi connectivity index (χ2n) is 2.57. The smallest absolute Gasteiger partial charge is 0.115 e. The molecular weight excluding hydrogens is 164 g/mol. The van der Waals surface area contributed by atoms with E-state index < -0.39 is 0 Å². The number of rotatable bonds is 1. The van der Waals surface area contributed by atoms with Crippen LogP contribution in [0, 0.1) is 0 Å². The largest absolute Gasteiger partial charge is 0.397 e. The van der Waals surface area contributed by atoms with E-state index in [1.807, 2.05) is 0 Å². The monoisotopic (exact) mass is 172 g/mol. The first-order chi connectivity index (χ1) is 6.38. The Morgan fingerprint density at radius 2 is 1.92 bits per heavy atom. The van der Waals surface area contributed by atoms with Crippen molar-refractivity contribution in [2.45, 2.75) is 0 Å². The fraction of sp³-hybridized carbons (Fsp3) is 0. The quantitative estimate of drug-likeness (QED) is 0.700. The highest BCUT2D eigenvalue weighted by Gasteiger charge is 2.02. The van der Waals surface area contributed by atoms with Gasteiger partial charge in [0.2, 0.25) is 0 Å². The van der Waals surface area contributed by atoms with Crippen LogP contribution < -0.4 is 5.73 Å². The molecule has 2 N–H and O–H groups in total. The molecule has 0 saturated heterocycles. The van der Waals surface area contributed by atoms with E-state index in [0.29, 0.717) is 5.69 Å². The normalized spacial score (nSPS) is 9.85. The van der Waals surface area contributed by atoms with Gasteiger partial charge in [-0.3, -0.25) is 4.98 Å². The summed E-state index contributed by atoms with van der Waals surface area (Å²) in [4.78, 5) is 11.9. The Kier molecular flexibility index (Phi) is 1.88. The van der Waals surface area contributed by atoms with E-state index in [1.54, 1.807) is 30.7 Å². The summed E-state index contributed by atoms with van der Waals surface area (Å²) in [6.07, 6.45) is 6.54. The Bertz CT molecular complexity index is 399. The number of aromatic nitrogens is 3. The van der Waals surface area contributed by atoms with Crippen LogP contribution in [0.15, 0.2) is 37.1 Å². The SMILES string of the molecule is Nc1cccnc1-c1cncnc1. The van der Waals surface area contributed by atoms with Gasteiger partial charge in [0.05, 0.1) is 11.4 Å². The molecule has 2 aromatic heterocycles. The maximum absolute atomic E-state index is 5.73. The fourth-order valence-electron chi connectivity index (χ4n) is 1.08. The van der Waals surface area contributed by atoms with Crippen molar-refractivity contribution in [1.29, 1.82) is 0 Å². The van der Waals surface area contributed by atoms with E-state index in [4.69, 9.17) is 5.73 Å². The average molecular weight is 172 g/mol. The predicted octanol–water partition coefficient (Wildman–Crippen LogP) is 1.12. The summed E-state index contributed by atoms with van der Waals surface area (Å²) in [5, 5.41) is 0. The summed E-state index contributed by atoms with van der Waals surface area (Å²) >= 11 is 0. The molecule has 0 bridgehead atoms. The summed E-state index contributed by atoms with van der Waals surface area (Å²) in [7, 11) is 0. The molecular formula is C9H8N4. The van der Waals surface area contributed by atoms with Crippen LogP contribution >= 0.6 is 0 Å². The molecule has 0 spiro atoms. The lowest BCUT2D eigenvalue weighted by molar-refractivity contribution is 1.16. The van der Waals surface area contributed by atoms with Crippen molar-refractivity contribution in [3.8, 4) is 11.3 Å². The molecule has 13 heavy (non-hydrogen) atoms. The molecule has 2 rings (SSSR count). The summed E-state index contributed by atoms with van der Waals surface area (Å²) in [5.41, 5.74) is 7.93. The van der Waals surface area contributed by atoms with E-state index in [-0.39, 0.29) is 0 Å². The lowest BCUT2D eigenvalue weighted by Crippen LogP contribution is -1.93. The Morgan fingerprint density at radius 3 is 2.62 bits per heavy atom. The Labute approximate surface area is 75.5 Å². The third-order valence-corrected chi connectivity index (χ3v) is 1.67. The van der Waals surface area contributed by atoms with E-state index in [1.165, 1.54) is 6.33 Å². The van der Waals surface area contributed by atoms with Gasteiger partial charge in [-0.1, -0.05) is 0 Å². The second-order valence-corrected chi connectivity index (χ2v) is 2.57. The van der Waals surface area contributed by atoms with Gasteiger partial charge in [-0.05, 0) is 12.1 Å². The van der Waals surface area contributed by atoms with Crippen molar-refractivity contribution >= 4 is 5.69 Å². The average Bonchev–Trinajstić information content (AvgIpc) is 2.20. The van der Waals surface area contributed by atoms with Crippen LogP contribution in [0.5, 0.6) is 0 Å². The minimum absolute atomic E-state index is 0.636. The molecule has 0 aromatic carbocycles. The van der Waals surface area contributed by atoms with Crippen LogP contribution in [-0.4, -0.2) is 15.0 Å². The molecule has 4 nitrogen and oxygen atoms in total. The van der Waals surface area contributed by atoms with E-state index in [9.17, 15) is 0 Å². The van der Waals surface area contributed by atoms with Crippen molar-refractivity contribution in [3.05, 3.63) is 37.1 Å². The molecule has 0 fully saturated rings. The Balaban J connectivity index is 2.54. The molecule has 0 unspecified atom stereocenters. The van der Waals surface area contributed by atoms with Gasteiger partial charge >= 0.3 is 0 Å². The molecule has 0 saturated carbocycles. The zero-order valence-electron chi connectivity index (χ0n) is 6.88. The lowest BCUT2D eigenvalue weighted by atomic mass is 10.2. The van der Waals surface area contributed by atoms with Crippen molar-refractivity contribution in [3.63, 3.8) is 0 Å². The summed E-state index contributed by atoms with van der Waals surface area (Å²) in [6.45, 7) is 0. The molecule has 0 atom stereocenters.